The van der Waals surface area contributed by atoms with Crippen molar-refractivity contribution in [3.63, 3.8) is 0 Å². The fourth-order valence-corrected chi connectivity index (χ4v) is 0.843. The van der Waals surface area contributed by atoms with Crippen LogP contribution in [0.1, 0.15) is 22.8 Å². The molecule has 0 unspecified atom stereocenters. The van der Waals surface area contributed by atoms with Gasteiger partial charge < -0.3 is 4.57 Å². The van der Waals surface area contributed by atoms with Gasteiger partial charge in [0.2, 0.25) is 0 Å². The van der Waals surface area contributed by atoms with Gasteiger partial charge in [-0.1, -0.05) is 6.85 Å². The first-order chi connectivity index (χ1) is 7.00. The summed E-state index contributed by atoms with van der Waals surface area (Å²) in [6.07, 6.45) is -0.393. The minimum absolute atomic E-state index is 0.553. The van der Waals surface area contributed by atoms with E-state index < -0.39 is 19.7 Å². The second kappa shape index (κ2) is 3.06. The second-order valence-electron chi connectivity index (χ2n) is 1.47. The Labute approximate surface area is 73.6 Å². The van der Waals surface area contributed by atoms with Crippen molar-refractivity contribution in [1.82, 2.24) is 4.57 Å². The summed E-state index contributed by atoms with van der Waals surface area (Å²) in [6, 6.07) is 1.51. The summed E-state index contributed by atoms with van der Waals surface area (Å²) in [5.74, 6) is 0. The Morgan fingerprint density at radius 1 is 2.00 bits per heavy atom. The number of nitrogens with zero attached hydrogens (tertiary/aromatic N) is 1. The third-order valence-electron chi connectivity index (χ3n) is 0.842. The number of hydrogen-bond donors (Lipinski definition) is 0. The lowest BCUT2D eigenvalue weighted by molar-refractivity contribution is 0.683. The van der Waals surface area contributed by atoms with Gasteiger partial charge in [-0.3, -0.25) is 0 Å². The van der Waals surface area contributed by atoms with Crippen LogP contribution in [-0.4, -0.2) is 4.57 Å². The zero-order chi connectivity index (χ0) is 12.8. The lowest BCUT2D eigenvalue weighted by Crippen LogP contribution is -1.90. The molecule has 50 valence electrons. The molecule has 0 bridgehead atoms. The van der Waals surface area contributed by atoms with Crippen LogP contribution in [0.2, 0.25) is 0 Å². The van der Waals surface area contributed by atoms with Crippen LogP contribution >= 0.6 is 15.9 Å². The predicted octanol–water partition coefficient (Wildman–Crippen LogP) is 2.66. The molecule has 1 nitrogen and oxygen atoms in total. The van der Waals surface area contributed by atoms with Crippen LogP contribution in [0.25, 0.3) is 0 Å². The second-order valence-corrected chi connectivity index (χ2v) is 2.39. The van der Waals surface area contributed by atoms with Crippen molar-refractivity contribution >= 4 is 15.9 Å². The van der Waals surface area contributed by atoms with Crippen LogP contribution in [0.3, 0.4) is 0 Å². The summed E-state index contributed by atoms with van der Waals surface area (Å²) in [5, 5.41) is 0. The summed E-state index contributed by atoms with van der Waals surface area (Å²) in [5.41, 5.74) is 0. The zero-order valence-electron chi connectivity index (χ0n) is 11.6. The molecular formula is C7H10BrN. The van der Waals surface area contributed by atoms with Gasteiger partial charge in [0.25, 0.3) is 0 Å². The molecule has 0 aliphatic carbocycles. The summed E-state index contributed by atoms with van der Waals surface area (Å²) >= 11 is 3.09. The smallest absolute Gasteiger partial charge is 0.0497 e. The van der Waals surface area contributed by atoms with Crippen molar-refractivity contribution in [3.8, 4) is 0 Å². The summed E-state index contributed by atoms with van der Waals surface area (Å²) in [7, 11) is 0. The molecule has 9 heavy (non-hydrogen) atoms. The van der Waals surface area contributed by atoms with E-state index in [1.165, 1.54) is 18.5 Å². The molecule has 0 N–H and O–H groups in total. The third kappa shape index (κ3) is 1.86. The molecule has 0 atom stereocenters. The highest BCUT2D eigenvalue weighted by molar-refractivity contribution is 9.10. The average Bonchev–Trinajstić information content (AvgIpc) is 2.49. The molecule has 1 rings (SSSR count). The van der Waals surface area contributed by atoms with Gasteiger partial charge in [-0.25, -0.2) is 0 Å². The van der Waals surface area contributed by atoms with E-state index in [4.69, 9.17) is 9.60 Å². The van der Waals surface area contributed by atoms with Gasteiger partial charge in [0.15, 0.2) is 0 Å². The van der Waals surface area contributed by atoms with E-state index in [0.29, 0.717) is 4.47 Å². The fourth-order valence-electron chi connectivity index (χ4n) is 0.505. The molecule has 0 fully saturated rings. The maximum absolute atomic E-state index is 7.61. The first kappa shape index (κ1) is 2.12. The van der Waals surface area contributed by atoms with Gasteiger partial charge in [-0.2, -0.15) is 0 Å². The maximum Gasteiger partial charge on any atom is 0.0497 e. The van der Waals surface area contributed by atoms with Crippen LogP contribution in [0.15, 0.2) is 22.9 Å². The average molecular weight is 195 g/mol. The Balaban J connectivity index is 3.21. The molecule has 0 aliphatic rings. The molecule has 0 saturated carbocycles. The quantitative estimate of drug-likeness (QED) is 0.683. The van der Waals surface area contributed by atoms with Crippen LogP contribution in [0, 0.1) is 0 Å². The Morgan fingerprint density at radius 2 is 2.89 bits per heavy atom. The van der Waals surface area contributed by atoms with Crippen molar-refractivity contribution in [3.05, 3.63) is 22.9 Å². The maximum atomic E-state index is 7.61. The predicted molar refractivity (Wildman–Crippen MR) is 42.4 cm³/mol. The normalized spacial score (nSPS) is 26.1. The molecule has 2 heteroatoms. The molecule has 0 radical (unpaired) electrons. The van der Waals surface area contributed by atoms with E-state index in [1.54, 1.807) is 0 Å². The van der Waals surface area contributed by atoms with Crippen LogP contribution in [-0.2, 0) is 6.50 Å². The van der Waals surface area contributed by atoms with E-state index in [1.807, 2.05) is 0 Å². The summed E-state index contributed by atoms with van der Waals surface area (Å²) in [4.78, 5) is 0. The first-order valence-electron chi connectivity index (χ1n) is 5.84. The molecular weight excluding hydrogens is 178 g/mol. The Bertz CT molecular complexity index is 380. The minimum atomic E-state index is -3.03. The van der Waals surface area contributed by atoms with Gasteiger partial charge in [-0.05, 0) is 28.4 Å². The Kier molecular flexibility index (Phi) is 0.723. The van der Waals surface area contributed by atoms with Crippen molar-refractivity contribution < 1.29 is 9.60 Å². The van der Waals surface area contributed by atoms with E-state index in [9.17, 15) is 0 Å². The highest BCUT2D eigenvalue weighted by atomic mass is 79.9. The molecule has 0 amide bonds. The highest BCUT2D eigenvalue weighted by Gasteiger charge is 1.88. The Hall–Kier alpha value is -0.240. The molecule has 1 heterocycles. The van der Waals surface area contributed by atoms with Gasteiger partial charge in [0, 0.05) is 33.0 Å². The fraction of sp³-hybridized carbons (Fsp3) is 0.429. The van der Waals surface area contributed by atoms with E-state index >= 15 is 0 Å². The van der Waals surface area contributed by atoms with Crippen molar-refractivity contribution in [2.45, 2.75) is 19.7 Å². The summed E-state index contributed by atoms with van der Waals surface area (Å²) < 4.78 is 52.6. The molecule has 0 aromatic carbocycles. The third-order valence-corrected chi connectivity index (χ3v) is 1.31. The first-order valence-corrected chi connectivity index (χ1v) is 3.13. The standard InChI is InChI=1S/C7H10BrN/c1-2-4-9-5-3-7(8)6-9/h3,5-6H,2,4H2,1H3/i1D3,2D2,4D2. The van der Waals surface area contributed by atoms with Crippen molar-refractivity contribution in [1.29, 1.82) is 0 Å². The number of hydrogen-bond acceptors (Lipinski definition) is 0. The number of halogens is 1. The largest absolute Gasteiger partial charge is 0.353 e. The van der Waals surface area contributed by atoms with Crippen molar-refractivity contribution in [2.75, 3.05) is 0 Å². The number of rotatable bonds is 2. The van der Waals surface area contributed by atoms with Gasteiger partial charge in [0.05, 0.1) is 0 Å². The molecule has 1 aromatic rings. The SMILES string of the molecule is [2H]C([2H])([2H])C([2H])([2H])C([2H])([2H])n1ccc(Br)c1. The number of aryl methyl sites for hydroxylation is 1. The van der Waals surface area contributed by atoms with Gasteiger partial charge >= 0.3 is 0 Å². The topological polar surface area (TPSA) is 4.93 Å². The molecule has 0 aliphatic heterocycles. The Morgan fingerprint density at radius 3 is 3.44 bits per heavy atom. The van der Waals surface area contributed by atoms with Crippen molar-refractivity contribution in [2.24, 2.45) is 0 Å². The lowest BCUT2D eigenvalue weighted by atomic mass is 10.5. The summed E-state index contributed by atoms with van der Waals surface area (Å²) in [6.45, 7) is -5.68. The number of aromatic nitrogens is 1. The monoisotopic (exact) mass is 194 g/mol. The van der Waals surface area contributed by atoms with Gasteiger partial charge in [0.1, 0.15) is 0 Å². The van der Waals surface area contributed by atoms with Crippen LogP contribution in [0.4, 0.5) is 0 Å². The zero-order valence-corrected chi connectivity index (χ0v) is 6.14. The van der Waals surface area contributed by atoms with Gasteiger partial charge in [-0.15, -0.1) is 0 Å². The lowest BCUT2D eigenvalue weighted by Gasteiger charge is -1.95. The van der Waals surface area contributed by atoms with E-state index in [-0.39, 0.29) is 0 Å². The molecule has 0 spiro atoms. The van der Waals surface area contributed by atoms with E-state index in [0.717, 1.165) is 4.57 Å². The highest BCUT2D eigenvalue weighted by Crippen LogP contribution is 2.08. The minimum Gasteiger partial charge on any atom is -0.353 e. The van der Waals surface area contributed by atoms with Crippen LogP contribution in [0.5, 0.6) is 0 Å². The van der Waals surface area contributed by atoms with E-state index in [2.05, 4.69) is 15.9 Å². The molecule has 0 saturated heterocycles. The van der Waals surface area contributed by atoms with Crippen LogP contribution < -0.4 is 0 Å². The molecule has 1 aromatic heterocycles.